The number of alkyl halides is 3. The lowest BCUT2D eigenvalue weighted by atomic mass is 10.0. The van der Waals surface area contributed by atoms with Crippen LogP contribution < -0.4 is 0 Å². The van der Waals surface area contributed by atoms with Crippen molar-refractivity contribution in [3.8, 4) is 0 Å². The molecule has 0 aliphatic carbocycles. The Morgan fingerprint density at radius 2 is 2.04 bits per heavy atom. The van der Waals surface area contributed by atoms with Gasteiger partial charge in [-0.1, -0.05) is 29.8 Å². The van der Waals surface area contributed by atoms with Crippen molar-refractivity contribution in [3.05, 3.63) is 52.8 Å². The number of aryl methyl sites for hydroxylation is 2. The van der Waals surface area contributed by atoms with Gasteiger partial charge in [-0.25, -0.2) is 0 Å². The van der Waals surface area contributed by atoms with Gasteiger partial charge in [0.15, 0.2) is 5.69 Å². The fraction of sp³-hybridized carbons (Fsp3) is 0.412. The normalized spacial score (nSPS) is 18.2. The van der Waals surface area contributed by atoms with Gasteiger partial charge in [-0.15, -0.1) is 0 Å². The first-order chi connectivity index (χ1) is 11.3. The third kappa shape index (κ3) is 3.02. The van der Waals surface area contributed by atoms with Crippen LogP contribution in [0.15, 0.2) is 30.3 Å². The number of carbonyl (C=O) groups excluding carboxylic acids is 1. The Balaban J connectivity index is 1.89. The zero-order valence-electron chi connectivity index (χ0n) is 13.5. The summed E-state index contributed by atoms with van der Waals surface area (Å²) in [6.45, 7) is 2.49. The van der Waals surface area contributed by atoms with Crippen LogP contribution in [0.5, 0.6) is 0 Å². The van der Waals surface area contributed by atoms with E-state index in [1.165, 1.54) is 7.05 Å². The predicted molar refractivity (Wildman–Crippen MR) is 82.4 cm³/mol. The molecule has 2 heterocycles. The lowest BCUT2D eigenvalue weighted by Crippen LogP contribution is -2.31. The third-order valence-electron chi connectivity index (χ3n) is 4.33. The molecule has 1 fully saturated rings. The van der Waals surface area contributed by atoms with Crippen LogP contribution in [0, 0.1) is 6.92 Å². The van der Waals surface area contributed by atoms with Gasteiger partial charge in [0.1, 0.15) is 5.69 Å². The van der Waals surface area contributed by atoms with E-state index in [1.807, 2.05) is 31.2 Å². The summed E-state index contributed by atoms with van der Waals surface area (Å²) in [5.74, 6) is -0.454. The van der Waals surface area contributed by atoms with E-state index in [-0.39, 0.29) is 11.7 Å². The maximum atomic E-state index is 12.9. The summed E-state index contributed by atoms with van der Waals surface area (Å²) in [5, 5.41) is 3.77. The summed E-state index contributed by atoms with van der Waals surface area (Å²) in [6, 6.07) is 8.56. The zero-order chi connectivity index (χ0) is 17.5. The first-order valence-electron chi connectivity index (χ1n) is 7.76. The van der Waals surface area contributed by atoms with Crippen LogP contribution in [-0.2, 0) is 13.2 Å². The van der Waals surface area contributed by atoms with Crippen LogP contribution >= 0.6 is 0 Å². The second-order valence-corrected chi connectivity index (χ2v) is 6.11. The van der Waals surface area contributed by atoms with Crippen molar-refractivity contribution >= 4 is 5.91 Å². The molecule has 0 unspecified atom stereocenters. The molecule has 1 aromatic carbocycles. The van der Waals surface area contributed by atoms with Crippen molar-refractivity contribution in [3.63, 3.8) is 0 Å². The summed E-state index contributed by atoms with van der Waals surface area (Å²) in [7, 11) is 1.20. The molecule has 7 heteroatoms. The molecular formula is C17H18F3N3O. The molecule has 1 atom stereocenters. The van der Waals surface area contributed by atoms with Gasteiger partial charge >= 0.3 is 6.18 Å². The maximum Gasteiger partial charge on any atom is 0.433 e. The maximum absolute atomic E-state index is 12.9. The Hall–Kier alpha value is -2.31. The van der Waals surface area contributed by atoms with E-state index in [9.17, 15) is 18.0 Å². The zero-order valence-corrected chi connectivity index (χ0v) is 13.5. The predicted octanol–water partition coefficient (Wildman–Crippen LogP) is 3.72. The monoisotopic (exact) mass is 337 g/mol. The molecule has 1 aliphatic rings. The number of benzene rings is 1. The van der Waals surface area contributed by atoms with Crippen LogP contribution in [-0.4, -0.2) is 27.1 Å². The van der Waals surface area contributed by atoms with E-state index in [2.05, 4.69) is 5.10 Å². The van der Waals surface area contributed by atoms with Crippen LogP contribution in [0.1, 0.15) is 46.2 Å². The largest absolute Gasteiger partial charge is 0.433 e. The van der Waals surface area contributed by atoms with E-state index in [0.717, 1.165) is 30.0 Å². The Bertz CT molecular complexity index is 767. The molecule has 0 bridgehead atoms. The van der Waals surface area contributed by atoms with Crippen LogP contribution in [0.4, 0.5) is 13.2 Å². The Labute approximate surface area is 137 Å². The minimum atomic E-state index is -4.53. The summed E-state index contributed by atoms with van der Waals surface area (Å²) < 4.78 is 39.4. The molecule has 4 nitrogen and oxygen atoms in total. The van der Waals surface area contributed by atoms with Crippen molar-refractivity contribution in [2.75, 3.05) is 6.54 Å². The minimum Gasteiger partial charge on any atom is -0.330 e. The topological polar surface area (TPSA) is 38.1 Å². The SMILES string of the molecule is Cc1cccc([C@@H]2CCCN2C(=O)c2cc(C(F)(F)F)n(C)n2)c1. The van der Waals surface area contributed by atoms with E-state index >= 15 is 0 Å². The molecular weight excluding hydrogens is 319 g/mol. The van der Waals surface area contributed by atoms with Gasteiger partial charge in [-0.3, -0.25) is 9.48 Å². The van der Waals surface area contributed by atoms with Gasteiger partial charge in [0.05, 0.1) is 6.04 Å². The lowest BCUT2D eigenvalue weighted by Gasteiger charge is -2.24. The molecule has 0 spiro atoms. The quantitative estimate of drug-likeness (QED) is 0.838. The van der Waals surface area contributed by atoms with E-state index < -0.39 is 17.8 Å². The third-order valence-corrected chi connectivity index (χ3v) is 4.33. The molecule has 0 N–H and O–H groups in total. The molecule has 2 aromatic rings. The van der Waals surface area contributed by atoms with Gasteiger partial charge in [-0.2, -0.15) is 18.3 Å². The fourth-order valence-corrected chi connectivity index (χ4v) is 3.22. The van der Waals surface area contributed by atoms with Gasteiger partial charge < -0.3 is 4.90 Å². The summed E-state index contributed by atoms with van der Waals surface area (Å²) in [5.41, 5.74) is 1.01. The highest BCUT2D eigenvalue weighted by molar-refractivity contribution is 5.93. The van der Waals surface area contributed by atoms with E-state index in [4.69, 9.17) is 0 Å². The average Bonchev–Trinajstić information content (AvgIpc) is 3.12. The van der Waals surface area contributed by atoms with E-state index in [0.29, 0.717) is 11.2 Å². The van der Waals surface area contributed by atoms with Gasteiger partial charge in [0.25, 0.3) is 5.91 Å². The number of halogens is 3. The molecule has 1 saturated heterocycles. The van der Waals surface area contributed by atoms with Crippen LogP contribution in [0.3, 0.4) is 0 Å². The van der Waals surface area contributed by atoms with Crippen molar-refractivity contribution < 1.29 is 18.0 Å². The van der Waals surface area contributed by atoms with Crippen LogP contribution in [0.25, 0.3) is 0 Å². The second-order valence-electron chi connectivity index (χ2n) is 6.11. The summed E-state index contributed by atoms with van der Waals surface area (Å²) in [4.78, 5) is 14.3. The van der Waals surface area contributed by atoms with Crippen molar-refractivity contribution in [2.24, 2.45) is 7.05 Å². The van der Waals surface area contributed by atoms with Gasteiger partial charge in [0.2, 0.25) is 0 Å². The summed E-state index contributed by atoms with van der Waals surface area (Å²) in [6.07, 6.45) is -2.90. The first kappa shape index (κ1) is 16.5. The first-order valence-corrected chi connectivity index (χ1v) is 7.76. The molecule has 1 aromatic heterocycles. The molecule has 1 amide bonds. The average molecular weight is 337 g/mol. The molecule has 0 radical (unpaired) electrons. The number of hydrogen-bond acceptors (Lipinski definition) is 2. The number of aromatic nitrogens is 2. The van der Waals surface area contributed by atoms with Crippen molar-refractivity contribution in [1.82, 2.24) is 14.7 Å². The van der Waals surface area contributed by atoms with Crippen molar-refractivity contribution in [2.45, 2.75) is 32.0 Å². The van der Waals surface area contributed by atoms with Crippen LogP contribution in [0.2, 0.25) is 0 Å². The van der Waals surface area contributed by atoms with Gasteiger partial charge in [0, 0.05) is 19.7 Å². The lowest BCUT2D eigenvalue weighted by molar-refractivity contribution is -0.143. The minimum absolute atomic E-state index is 0.117. The number of rotatable bonds is 2. The number of likely N-dealkylation sites (tertiary alicyclic amines) is 1. The number of nitrogens with zero attached hydrogens (tertiary/aromatic N) is 3. The molecule has 24 heavy (non-hydrogen) atoms. The number of amides is 1. The highest BCUT2D eigenvalue weighted by Crippen LogP contribution is 2.34. The Morgan fingerprint density at radius 1 is 1.29 bits per heavy atom. The second kappa shape index (κ2) is 5.96. The molecule has 128 valence electrons. The molecule has 3 rings (SSSR count). The molecule has 0 saturated carbocycles. The number of hydrogen-bond donors (Lipinski definition) is 0. The van der Waals surface area contributed by atoms with Crippen molar-refractivity contribution in [1.29, 1.82) is 0 Å². The highest BCUT2D eigenvalue weighted by Gasteiger charge is 2.38. The molecule has 1 aliphatic heterocycles. The smallest absolute Gasteiger partial charge is 0.330 e. The summed E-state index contributed by atoms with van der Waals surface area (Å²) >= 11 is 0. The fourth-order valence-electron chi connectivity index (χ4n) is 3.22. The van der Waals surface area contributed by atoms with E-state index in [1.54, 1.807) is 4.90 Å². The highest BCUT2D eigenvalue weighted by atomic mass is 19.4. The Morgan fingerprint density at radius 3 is 2.67 bits per heavy atom. The number of carbonyl (C=O) groups is 1. The van der Waals surface area contributed by atoms with Gasteiger partial charge in [-0.05, 0) is 25.3 Å². The standard InChI is InChI=1S/C17H18F3N3O/c1-11-5-3-6-12(9-11)14-7-4-8-23(14)16(24)13-10-15(17(18,19)20)22(2)21-13/h3,5-6,9-10,14H,4,7-8H2,1-2H3/t14-/m0/s1. The Kier molecular flexibility index (Phi) is 4.11.